The van der Waals surface area contributed by atoms with E-state index in [1.54, 1.807) is 48.5 Å². The van der Waals surface area contributed by atoms with Crippen LogP contribution in [0.15, 0.2) is 77.7 Å². The predicted molar refractivity (Wildman–Crippen MR) is 129 cm³/mol. The van der Waals surface area contributed by atoms with E-state index in [0.29, 0.717) is 28.0 Å². The maximum Gasteiger partial charge on any atom is 0.175 e. The highest BCUT2D eigenvalue weighted by atomic mass is 32.2. The Kier molecular flexibility index (Phi) is 5.84. The van der Waals surface area contributed by atoms with Crippen LogP contribution < -0.4 is 11.2 Å². The minimum Gasteiger partial charge on any atom is -0.384 e. The number of aromatic nitrogens is 1. The van der Waals surface area contributed by atoms with E-state index in [1.807, 2.05) is 29.7 Å². The standard InChI is InChI=1S/C25H20N4O3S/c1-33(31,32)21-7-3-5-17(13-21)18-10-11-23-22(14-18)19(15-24(26)28-23)9-8-16-4-2-6-20(12-16)25(27)29-30/h2-7,10-15,30H,1H3,(H2,26,28)(H2,27,29). The Bertz CT molecular complexity index is 1570. The van der Waals surface area contributed by atoms with Crippen LogP contribution in [0.3, 0.4) is 0 Å². The first-order valence-corrected chi connectivity index (χ1v) is 11.8. The summed E-state index contributed by atoms with van der Waals surface area (Å²) in [4.78, 5) is 4.63. The number of amidine groups is 1. The maximum absolute atomic E-state index is 12.0. The number of hydrogen-bond acceptors (Lipinski definition) is 6. The molecular formula is C25H20N4O3S. The van der Waals surface area contributed by atoms with Gasteiger partial charge in [0.1, 0.15) is 11.7 Å². The molecule has 0 saturated carbocycles. The first-order chi connectivity index (χ1) is 15.7. The molecule has 4 aromatic rings. The maximum atomic E-state index is 12.0. The quantitative estimate of drug-likeness (QED) is 0.161. The van der Waals surface area contributed by atoms with E-state index in [1.165, 1.54) is 6.26 Å². The monoisotopic (exact) mass is 456 g/mol. The first-order valence-electron chi connectivity index (χ1n) is 9.86. The van der Waals surface area contributed by atoms with Crippen LogP contribution in [0.2, 0.25) is 0 Å². The number of anilines is 1. The Balaban J connectivity index is 1.81. The minimum absolute atomic E-state index is 0.127. The lowest BCUT2D eigenvalue weighted by Gasteiger charge is -2.08. The molecule has 0 unspecified atom stereocenters. The number of hydrogen-bond donors (Lipinski definition) is 4. The number of nitrogens with zero attached hydrogens (tertiary/aromatic N) is 1. The highest BCUT2D eigenvalue weighted by Gasteiger charge is 2.10. The van der Waals surface area contributed by atoms with Gasteiger partial charge in [-0.3, -0.25) is 16.1 Å². The summed E-state index contributed by atoms with van der Waals surface area (Å²) in [5, 5.41) is 17.4. The van der Waals surface area contributed by atoms with Gasteiger partial charge in [-0.1, -0.05) is 42.2 Å². The number of hydroxylamine groups is 1. The zero-order chi connectivity index (χ0) is 23.6. The minimum atomic E-state index is -3.33. The summed E-state index contributed by atoms with van der Waals surface area (Å²) in [5.74, 6) is 6.40. The summed E-state index contributed by atoms with van der Waals surface area (Å²) in [5.41, 5.74) is 11.9. The van der Waals surface area contributed by atoms with Crippen molar-refractivity contribution in [3.63, 3.8) is 0 Å². The average Bonchev–Trinajstić information content (AvgIpc) is 2.81. The van der Waals surface area contributed by atoms with Gasteiger partial charge in [0.15, 0.2) is 9.84 Å². The molecule has 0 aliphatic heterocycles. The van der Waals surface area contributed by atoms with E-state index >= 15 is 0 Å². The van der Waals surface area contributed by atoms with Gasteiger partial charge in [0, 0.05) is 28.3 Å². The Hall–Kier alpha value is -4.19. The van der Waals surface area contributed by atoms with Gasteiger partial charge in [-0.05, 0) is 53.6 Å². The van der Waals surface area contributed by atoms with Crippen molar-refractivity contribution in [2.75, 3.05) is 12.0 Å². The molecule has 0 atom stereocenters. The van der Waals surface area contributed by atoms with E-state index < -0.39 is 9.84 Å². The van der Waals surface area contributed by atoms with Gasteiger partial charge in [0.25, 0.3) is 0 Å². The number of nitrogens with one attached hydrogen (secondary N) is 2. The van der Waals surface area contributed by atoms with Crippen LogP contribution in [-0.2, 0) is 9.84 Å². The van der Waals surface area contributed by atoms with Crippen molar-refractivity contribution in [3.8, 4) is 23.0 Å². The zero-order valence-electron chi connectivity index (χ0n) is 17.6. The second-order valence-corrected chi connectivity index (χ2v) is 9.46. The van der Waals surface area contributed by atoms with Crippen molar-refractivity contribution in [2.24, 2.45) is 0 Å². The molecule has 0 spiro atoms. The van der Waals surface area contributed by atoms with Crippen LogP contribution >= 0.6 is 0 Å². The molecule has 1 aromatic heterocycles. The van der Waals surface area contributed by atoms with Crippen molar-refractivity contribution in [2.45, 2.75) is 4.90 Å². The Morgan fingerprint density at radius 1 is 1.00 bits per heavy atom. The average molecular weight is 457 g/mol. The number of pyridine rings is 1. The van der Waals surface area contributed by atoms with Gasteiger partial charge >= 0.3 is 0 Å². The van der Waals surface area contributed by atoms with Crippen molar-refractivity contribution >= 4 is 32.4 Å². The van der Waals surface area contributed by atoms with Crippen molar-refractivity contribution < 1.29 is 13.6 Å². The van der Waals surface area contributed by atoms with Gasteiger partial charge in [0.2, 0.25) is 0 Å². The summed E-state index contributed by atoms with van der Waals surface area (Å²) in [6.45, 7) is 0. The van der Waals surface area contributed by atoms with Crippen LogP contribution in [0.4, 0.5) is 5.82 Å². The molecule has 164 valence electrons. The van der Waals surface area contributed by atoms with E-state index in [4.69, 9.17) is 16.4 Å². The lowest BCUT2D eigenvalue weighted by molar-refractivity contribution is 0.234. The number of sulfone groups is 1. The molecular weight excluding hydrogens is 436 g/mol. The summed E-state index contributed by atoms with van der Waals surface area (Å²) in [6.07, 6.45) is 1.18. The Morgan fingerprint density at radius 3 is 2.52 bits per heavy atom. The molecule has 5 N–H and O–H groups in total. The molecule has 0 radical (unpaired) electrons. The van der Waals surface area contributed by atoms with Gasteiger partial charge in [-0.25, -0.2) is 13.4 Å². The molecule has 0 bridgehead atoms. The Labute approximate surface area is 191 Å². The van der Waals surface area contributed by atoms with Crippen LogP contribution in [0.25, 0.3) is 22.0 Å². The normalized spacial score (nSPS) is 11.0. The van der Waals surface area contributed by atoms with Crippen LogP contribution in [0.5, 0.6) is 0 Å². The molecule has 0 fully saturated rings. The molecule has 7 nitrogen and oxygen atoms in total. The van der Waals surface area contributed by atoms with Crippen molar-refractivity contribution in [1.82, 2.24) is 10.5 Å². The summed E-state index contributed by atoms with van der Waals surface area (Å²) < 4.78 is 23.9. The fraction of sp³-hybridized carbons (Fsp3) is 0.0400. The predicted octanol–water partition coefficient (Wildman–Crippen LogP) is 3.59. The third-order valence-corrected chi connectivity index (χ3v) is 6.14. The van der Waals surface area contributed by atoms with Gasteiger partial charge < -0.3 is 5.73 Å². The largest absolute Gasteiger partial charge is 0.384 e. The van der Waals surface area contributed by atoms with E-state index in [-0.39, 0.29) is 10.7 Å². The SMILES string of the molecule is CS(=O)(=O)c1cccc(-c2ccc3nc(N)cc(C#Cc4cccc(C(=N)NO)c4)c3c2)c1. The Morgan fingerprint density at radius 2 is 1.76 bits per heavy atom. The smallest absolute Gasteiger partial charge is 0.175 e. The molecule has 33 heavy (non-hydrogen) atoms. The number of nitrogens with two attached hydrogens (primary N) is 1. The second kappa shape index (κ2) is 8.74. The lowest BCUT2D eigenvalue weighted by Crippen LogP contribution is -2.18. The summed E-state index contributed by atoms with van der Waals surface area (Å²) in [6, 6.07) is 21.0. The summed E-state index contributed by atoms with van der Waals surface area (Å²) in [7, 11) is -3.33. The molecule has 0 amide bonds. The highest BCUT2D eigenvalue weighted by molar-refractivity contribution is 7.90. The fourth-order valence-electron chi connectivity index (χ4n) is 3.39. The van der Waals surface area contributed by atoms with E-state index in [2.05, 4.69) is 16.8 Å². The topological polar surface area (TPSA) is 129 Å². The first kappa shape index (κ1) is 22.0. The number of rotatable bonds is 3. The van der Waals surface area contributed by atoms with Gasteiger partial charge in [-0.2, -0.15) is 0 Å². The van der Waals surface area contributed by atoms with E-state index in [9.17, 15) is 8.42 Å². The van der Waals surface area contributed by atoms with Crippen LogP contribution in [-0.4, -0.2) is 30.7 Å². The fourth-order valence-corrected chi connectivity index (χ4v) is 4.06. The van der Waals surface area contributed by atoms with Crippen molar-refractivity contribution in [3.05, 3.63) is 89.5 Å². The van der Waals surface area contributed by atoms with Crippen LogP contribution in [0, 0.1) is 17.3 Å². The zero-order valence-corrected chi connectivity index (χ0v) is 18.4. The molecule has 3 aromatic carbocycles. The highest BCUT2D eigenvalue weighted by Crippen LogP contribution is 2.28. The molecule has 4 rings (SSSR count). The van der Waals surface area contributed by atoms with Gasteiger partial charge in [0.05, 0.1) is 10.4 Å². The molecule has 0 aliphatic carbocycles. The second-order valence-electron chi connectivity index (χ2n) is 7.44. The third-order valence-electron chi connectivity index (χ3n) is 5.03. The van der Waals surface area contributed by atoms with E-state index in [0.717, 1.165) is 16.5 Å². The summed E-state index contributed by atoms with van der Waals surface area (Å²) >= 11 is 0. The third kappa shape index (κ3) is 4.85. The molecule has 8 heteroatoms. The van der Waals surface area contributed by atoms with Gasteiger partial charge in [-0.15, -0.1) is 0 Å². The number of benzene rings is 3. The molecule has 0 aliphatic rings. The number of fused-ring (bicyclic) bond motifs is 1. The lowest BCUT2D eigenvalue weighted by atomic mass is 10.0. The molecule has 0 saturated heterocycles. The van der Waals surface area contributed by atoms with Crippen molar-refractivity contribution in [1.29, 1.82) is 5.41 Å². The number of nitrogen functional groups attached to an aromatic ring is 1. The molecule has 1 heterocycles. The van der Waals surface area contributed by atoms with Crippen LogP contribution in [0.1, 0.15) is 16.7 Å².